The fraction of sp³-hybridized carbons (Fsp3) is 0.129. The minimum atomic E-state index is -0.721. The lowest BCUT2D eigenvalue weighted by molar-refractivity contribution is -0.131. The Labute approximate surface area is 245 Å². The molecule has 0 aliphatic carbocycles. The van der Waals surface area contributed by atoms with Gasteiger partial charge in [-0.25, -0.2) is 10.2 Å². The van der Waals surface area contributed by atoms with Gasteiger partial charge in [0.15, 0.2) is 23.8 Å². The molecule has 218 valence electrons. The van der Waals surface area contributed by atoms with Gasteiger partial charge in [-0.1, -0.05) is 18.2 Å². The van der Waals surface area contributed by atoms with E-state index in [1.165, 1.54) is 17.3 Å². The summed E-state index contributed by atoms with van der Waals surface area (Å²) < 4.78 is 18.5. The first-order valence-electron chi connectivity index (χ1n) is 13.1. The topological polar surface area (TPSA) is 154 Å². The number of benzene rings is 3. The maximum Gasteiger partial charge on any atom is 0.281 e. The second kappa shape index (κ2) is 12.4. The number of nitrogens with zero attached hydrogens (tertiary/aromatic N) is 3. The Morgan fingerprint density at radius 1 is 0.953 bits per heavy atom. The monoisotopic (exact) mass is 581 g/mol. The van der Waals surface area contributed by atoms with E-state index in [4.69, 9.17) is 19.4 Å². The van der Waals surface area contributed by atoms with Crippen LogP contribution in [0.5, 0.6) is 23.0 Å². The van der Waals surface area contributed by atoms with Crippen molar-refractivity contribution in [2.75, 3.05) is 19.0 Å². The van der Waals surface area contributed by atoms with Crippen LogP contribution in [0.15, 0.2) is 83.9 Å². The molecule has 0 aliphatic heterocycles. The summed E-state index contributed by atoms with van der Waals surface area (Å²) in [5.41, 5.74) is 3.89. The van der Waals surface area contributed by atoms with Gasteiger partial charge in [0.1, 0.15) is 11.5 Å². The summed E-state index contributed by atoms with van der Waals surface area (Å²) in [6.07, 6.45) is 3.16. The SMILES string of the molecule is COc1cc2c(Oc3ccc(NC(=O)c4nn(-c5ccccc5C)cc(C)c4=O)cc3)ccnc2cc1OCC(=O)NO. The quantitative estimate of drug-likeness (QED) is 0.170. The van der Waals surface area contributed by atoms with Gasteiger partial charge in [-0.05, 0) is 61.9 Å². The second-order valence-corrected chi connectivity index (χ2v) is 9.45. The van der Waals surface area contributed by atoms with Crippen LogP contribution < -0.4 is 30.4 Å². The maximum atomic E-state index is 13.1. The Bertz CT molecular complexity index is 1890. The van der Waals surface area contributed by atoms with Gasteiger partial charge >= 0.3 is 0 Å². The van der Waals surface area contributed by atoms with Crippen molar-refractivity contribution in [3.8, 4) is 28.7 Å². The zero-order valence-corrected chi connectivity index (χ0v) is 23.5. The van der Waals surface area contributed by atoms with Crippen LogP contribution in [0.25, 0.3) is 16.6 Å². The van der Waals surface area contributed by atoms with Gasteiger partial charge in [-0.2, -0.15) is 5.10 Å². The van der Waals surface area contributed by atoms with Gasteiger partial charge in [0, 0.05) is 35.1 Å². The Morgan fingerprint density at radius 3 is 2.44 bits per heavy atom. The number of methoxy groups -OCH3 is 1. The van der Waals surface area contributed by atoms with Gasteiger partial charge in [0.2, 0.25) is 5.43 Å². The number of carbonyl (C=O) groups excluding carboxylic acids is 2. The number of para-hydroxylation sites is 1. The summed E-state index contributed by atoms with van der Waals surface area (Å²) in [6, 6.07) is 19.1. The van der Waals surface area contributed by atoms with Gasteiger partial charge in [0.25, 0.3) is 11.8 Å². The van der Waals surface area contributed by atoms with Crippen LogP contribution in [-0.2, 0) is 4.79 Å². The van der Waals surface area contributed by atoms with E-state index in [2.05, 4.69) is 15.4 Å². The van der Waals surface area contributed by atoms with E-state index in [0.717, 1.165) is 11.3 Å². The normalized spacial score (nSPS) is 10.7. The molecule has 43 heavy (non-hydrogen) atoms. The van der Waals surface area contributed by atoms with Crippen molar-refractivity contribution in [3.63, 3.8) is 0 Å². The van der Waals surface area contributed by atoms with Crippen molar-refractivity contribution >= 4 is 28.4 Å². The molecule has 0 radical (unpaired) electrons. The first kappa shape index (κ1) is 28.8. The van der Waals surface area contributed by atoms with Crippen molar-refractivity contribution in [3.05, 3.63) is 106 Å². The van der Waals surface area contributed by atoms with Crippen molar-refractivity contribution < 1.29 is 29.0 Å². The highest BCUT2D eigenvalue weighted by Gasteiger charge is 2.17. The fourth-order valence-electron chi connectivity index (χ4n) is 4.29. The minimum Gasteiger partial charge on any atom is -0.493 e. The van der Waals surface area contributed by atoms with Crippen LogP contribution in [0.1, 0.15) is 21.6 Å². The molecule has 5 rings (SSSR count). The zero-order valence-electron chi connectivity index (χ0n) is 23.5. The molecule has 0 spiro atoms. The zero-order chi connectivity index (χ0) is 30.5. The van der Waals surface area contributed by atoms with Gasteiger partial charge in [0.05, 0.1) is 18.3 Å². The van der Waals surface area contributed by atoms with E-state index in [0.29, 0.717) is 39.4 Å². The molecule has 3 N–H and O–H groups in total. The number of hydrogen-bond donors (Lipinski definition) is 3. The molecular formula is C31H27N5O7. The Balaban J connectivity index is 1.34. The highest BCUT2D eigenvalue weighted by molar-refractivity contribution is 6.02. The molecule has 0 saturated carbocycles. The molecule has 0 bridgehead atoms. The molecule has 0 fully saturated rings. The highest BCUT2D eigenvalue weighted by atomic mass is 16.5. The summed E-state index contributed by atoms with van der Waals surface area (Å²) in [7, 11) is 1.45. The number of rotatable bonds is 9. The Kier molecular flexibility index (Phi) is 8.30. The van der Waals surface area contributed by atoms with E-state index in [9.17, 15) is 14.4 Å². The third kappa shape index (κ3) is 6.29. The van der Waals surface area contributed by atoms with Gasteiger partial charge in [-0.3, -0.25) is 24.6 Å². The standard InChI is InChI=1S/C31H27N5O7/c1-18-6-4-5-7-24(18)36-16-19(2)30(38)29(34-36)31(39)33-20-8-10-21(11-9-20)43-25-12-13-32-23-15-27(42-17-28(37)35-40)26(41-3)14-22(23)25/h4-16,40H,17H2,1-3H3,(H,33,39)(H,35,37). The molecule has 12 heteroatoms. The molecule has 2 heterocycles. The fourth-order valence-corrected chi connectivity index (χ4v) is 4.29. The number of anilines is 1. The smallest absolute Gasteiger partial charge is 0.281 e. The summed E-state index contributed by atoms with van der Waals surface area (Å²) in [6.45, 7) is 3.15. The summed E-state index contributed by atoms with van der Waals surface area (Å²) in [5, 5.41) is 16.4. The number of fused-ring (bicyclic) bond motifs is 1. The van der Waals surface area contributed by atoms with E-state index in [-0.39, 0.29) is 11.4 Å². The van der Waals surface area contributed by atoms with Crippen molar-refractivity contribution in [1.29, 1.82) is 0 Å². The van der Waals surface area contributed by atoms with Crippen LogP contribution >= 0.6 is 0 Å². The predicted octanol–water partition coefficient (Wildman–Crippen LogP) is 4.33. The lowest BCUT2D eigenvalue weighted by Gasteiger charge is -2.14. The third-order valence-corrected chi connectivity index (χ3v) is 6.48. The Hall–Kier alpha value is -5.75. The van der Waals surface area contributed by atoms with Crippen LogP contribution in [0.3, 0.4) is 0 Å². The number of amides is 2. The molecule has 2 amide bonds. The van der Waals surface area contributed by atoms with Crippen molar-refractivity contribution in [1.82, 2.24) is 20.2 Å². The molecule has 2 aromatic heterocycles. The summed E-state index contributed by atoms with van der Waals surface area (Å²) in [4.78, 5) is 41.6. The van der Waals surface area contributed by atoms with Crippen LogP contribution in [-0.4, -0.2) is 45.5 Å². The number of aromatic nitrogens is 3. The average molecular weight is 582 g/mol. The number of hydroxylamine groups is 1. The molecule has 3 aromatic carbocycles. The Morgan fingerprint density at radius 2 is 1.72 bits per heavy atom. The molecule has 0 unspecified atom stereocenters. The number of pyridine rings is 1. The predicted molar refractivity (Wildman–Crippen MR) is 157 cm³/mol. The average Bonchev–Trinajstić information content (AvgIpc) is 3.02. The summed E-state index contributed by atoms with van der Waals surface area (Å²) >= 11 is 0. The van der Waals surface area contributed by atoms with Gasteiger partial charge < -0.3 is 19.5 Å². The van der Waals surface area contributed by atoms with E-state index in [1.807, 2.05) is 31.2 Å². The molecule has 0 atom stereocenters. The largest absolute Gasteiger partial charge is 0.493 e. The number of hydrogen-bond acceptors (Lipinski definition) is 9. The van der Waals surface area contributed by atoms with E-state index >= 15 is 0 Å². The first-order valence-corrected chi connectivity index (χ1v) is 13.1. The first-order chi connectivity index (χ1) is 20.8. The summed E-state index contributed by atoms with van der Waals surface area (Å²) in [5.74, 6) is 0.186. The minimum absolute atomic E-state index is 0.221. The molecular weight excluding hydrogens is 554 g/mol. The van der Waals surface area contributed by atoms with Crippen LogP contribution in [0.2, 0.25) is 0 Å². The highest BCUT2D eigenvalue weighted by Crippen LogP contribution is 2.37. The maximum absolute atomic E-state index is 13.1. The molecule has 12 nitrogen and oxygen atoms in total. The molecule has 0 aliphatic rings. The van der Waals surface area contributed by atoms with Crippen molar-refractivity contribution in [2.24, 2.45) is 0 Å². The second-order valence-electron chi connectivity index (χ2n) is 9.45. The van der Waals surface area contributed by atoms with Crippen molar-refractivity contribution in [2.45, 2.75) is 13.8 Å². The number of carbonyl (C=O) groups is 2. The lowest BCUT2D eigenvalue weighted by atomic mass is 10.1. The number of nitrogens with one attached hydrogen (secondary N) is 2. The molecule has 5 aromatic rings. The molecule has 0 saturated heterocycles. The third-order valence-electron chi connectivity index (χ3n) is 6.48. The van der Waals surface area contributed by atoms with E-state index < -0.39 is 23.9 Å². The number of aryl methyl sites for hydroxylation is 2. The lowest BCUT2D eigenvalue weighted by Crippen LogP contribution is -2.27. The number of ether oxygens (including phenoxy) is 3. The van der Waals surface area contributed by atoms with E-state index in [1.54, 1.807) is 61.8 Å². The van der Waals surface area contributed by atoms with Crippen LogP contribution in [0.4, 0.5) is 5.69 Å². The van der Waals surface area contributed by atoms with Crippen LogP contribution in [0, 0.1) is 13.8 Å². The van der Waals surface area contributed by atoms with Gasteiger partial charge in [-0.15, -0.1) is 0 Å².